The molecule has 2 saturated heterocycles. The van der Waals surface area contributed by atoms with Crippen molar-refractivity contribution in [3.05, 3.63) is 0 Å². The highest BCUT2D eigenvalue weighted by molar-refractivity contribution is 14.0. The molecule has 1 N–H and O–H groups in total. The van der Waals surface area contributed by atoms with E-state index in [1.165, 1.54) is 0 Å². The van der Waals surface area contributed by atoms with Crippen LogP contribution in [-0.2, 0) is 9.47 Å². The molecule has 24 heavy (non-hydrogen) atoms. The van der Waals surface area contributed by atoms with E-state index in [0.29, 0.717) is 26.1 Å². The molecule has 0 aromatic carbocycles. The van der Waals surface area contributed by atoms with Crippen molar-refractivity contribution in [2.45, 2.75) is 50.5 Å². The highest BCUT2D eigenvalue weighted by Crippen LogP contribution is 2.22. The van der Waals surface area contributed by atoms with E-state index in [1.807, 2.05) is 0 Å². The Morgan fingerprint density at radius 1 is 1.21 bits per heavy atom. The van der Waals surface area contributed by atoms with E-state index in [4.69, 9.17) is 9.47 Å². The normalized spacial score (nSPS) is 25.5. The molecular formula is C15H27F3IN3O2. The third kappa shape index (κ3) is 7.30. The number of guanidine groups is 1. The van der Waals surface area contributed by atoms with Gasteiger partial charge in [0.1, 0.15) is 6.10 Å². The molecule has 2 aliphatic rings. The first-order valence-electron chi connectivity index (χ1n) is 8.25. The van der Waals surface area contributed by atoms with Crippen molar-refractivity contribution in [2.75, 3.05) is 39.9 Å². The van der Waals surface area contributed by atoms with Crippen LogP contribution in [0.25, 0.3) is 0 Å². The Balaban J connectivity index is 0.00000288. The molecular weight excluding hydrogens is 438 g/mol. The van der Waals surface area contributed by atoms with Crippen LogP contribution in [0.4, 0.5) is 13.2 Å². The molecule has 0 spiro atoms. The van der Waals surface area contributed by atoms with E-state index in [9.17, 15) is 13.2 Å². The second kappa shape index (κ2) is 10.6. The van der Waals surface area contributed by atoms with Gasteiger partial charge in [0.15, 0.2) is 5.96 Å². The van der Waals surface area contributed by atoms with Crippen LogP contribution < -0.4 is 5.32 Å². The molecule has 0 radical (unpaired) electrons. The van der Waals surface area contributed by atoms with Gasteiger partial charge < -0.3 is 19.7 Å². The van der Waals surface area contributed by atoms with Crippen LogP contribution in [0.15, 0.2) is 4.99 Å². The Bertz CT molecular complexity index is 391. The molecule has 0 aromatic heterocycles. The predicted molar refractivity (Wildman–Crippen MR) is 97.0 cm³/mol. The zero-order chi connectivity index (χ0) is 16.7. The van der Waals surface area contributed by atoms with Gasteiger partial charge in [-0.1, -0.05) is 0 Å². The number of ether oxygens (including phenoxy) is 2. The number of hydrogen-bond donors (Lipinski definition) is 1. The molecule has 2 unspecified atom stereocenters. The van der Waals surface area contributed by atoms with Gasteiger partial charge in [-0.3, -0.25) is 4.99 Å². The number of hydrogen-bond acceptors (Lipinski definition) is 3. The summed E-state index contributed by atoms with van der Waals surface area (Å²) in [5.41, 5.74) is 0. The van der Waals surface area contributed by atoms with Crippen molar-refractivity contribution in [2.24, 2.45) is 4.99 Å². The molecule has 2 atom stereocenters. The molecule has 2 fully saturated rings. The lowest BCUT2D eigenvalue weighted by Crippen LogP contribution is -2.53. The molecule has 9 heteroatoms. The molecule has 2 rings (SSSR count). The van der Waals surface area contributed by atoms with Crippen molar-refractivity contribution in [3.8, 4) is 0 Å². The number of rotatable bonds is 5. The standard InChI is InChI=1S/C15H26F3N3O2.HI/c1-19-14(20-7-3-2-6-15(16,17)18)21-8-10-23-13(11-21)12-5-4-9-22-12;/h12-13H,2-11H2,1H3,(H,19,20);1H. The Labute approximate surface area is 158 Å². The average molecular weight is 465 g/mol. The van der Waals surface area contributed by atoms with Gasteiger partial charge in [0.25, 0.3) is 0 Å². The lowest BCUT2D eigenvalue weighted by atomic mass is 10.1. The largest absolute Gasteiger partial charge is 0.389 e. The van der Waals surface area contributed by atoms with Crippen LogP contribution in [0.2, 0.25) is 0 Å². The van der Waals surface area contributed by atoms with Crippen molar-refractivity contribution in [1.29, 1.82) is 0 Å². The molecule has 142 valence electrons. The number of nitrogens with one attached hydrogen (secondary N) is 1. The maximum Gasteiger partial charge on any atom is 0.389 e. The number of nitrogens with zero attached hydrogens (tertiary/aromatic N) is 2. The Morgan fingerprint density at radius 3 is 2.58 bits per heavy atom. The van der Waals surface area contributed by atoms with Crippen LogP contribution in [0.3, 0.4) is 0 Å². The van der Waals surface area contributed by atoms with E-state index in [-0.39, 0.29) is 42.6 Å². The minimum Gasteiger partial charge on any atom is -0.375 e. The summed E-state index contributed by atoms with van der Waals surface area (Å²) in [6, 6.07) is 0. The van der Waals surface area contributed by atoms with E-state index in [2.05, 4.69) is 15.2 Å². The molecule has 0 aromatic rings. The summed E-state index contributed by atoms with van der Waals surface area (Å²) in [5, 5.41) is 3.15. The molecule has 2 aliphatic heterocycles. The first-order chi connectivity index (χ1) is 11.0. The summed E-state index contributed by atoms with van der Waals surface area (Å²) < 4.78 is 47.8. The minimum atomic E-state index is -4.07. The SMILES string of the molecule is CN=C(NCCCCC(F)(F)F)N1CCOC(C2CCCO2)C1.I. The third-order valence-electron chi connectivity index (χ3n) is 4.15. The first-order valence-corrected chi connectivity index (χ1v) is 8.25. The Kier molecular flexibility index (Phi) is 9.65. The van der Waals surface area contributed by atoms with Crippen molar-refractivity contribution >= 4 is 29.9 Å². The van der Waals surface area contributed by atoms with E-state index in [1.54, 1.807) is 7.05 Å². The molecule has 2 heterocycles. The highest BCUT2D eigenvalue weighted by atomic mass is 127. The van der Waals surface area contributed by atoms with Gasteiger partial charge in [-0.15, -0.1) is 24.0 Å². The van der Waals surface area contributed by atoms with Crippen LogP contribution in [0.5, 0.6) is 0 Å². The number of aliphatic imine (C=N–C) groups is 1. The van der Waals surface area contributed by atoms with Crippen molar-refractivity contribution < 1.29 is 22.6 Å². The van der Waals surface area contributed by atoms with E-state index in [0.717, 1.165) is 32.0 Å². The van der Waals surface area contributed by atoms with Gasteiger partial charge in [-0.2, -0.15) is 13.2 Å². The number of morpholine rings is 1. The fourth-order valence-electron chi connectivity index (χ4n) is 2.97. The molecule has 0 saturated carbocycles. The fourth-order valence-corrected chi connectivity index (χ4v) is 2.97. The molecule has 0 amide bonds. The Hall–Kier alpha value is -0.290. The van der Waals surface area contributed by atoms with Gasteiger partial charge >= 0.3 is 6.18 Å². The predicted octanol–water partition coefficient (Wildman–Crippen LogP) is 2.79. The van der Waals surface area contributed by atoms with Gasteiger partial charge in [0.05, 0.1) is 12.7 Å². The topological polar surface area (TPSA) is 46.1 Å². The summed E-state index contributed by atoms with van der Waals surface area (Å²) in [5.74, 6) is 0.725. The van der Waals surface area contributed by atoms with E-state index < -0.39 is 12.6 Å². The van der Waals surface area contributed by atoms with Gasteiger partial charge in [-0.05, 0) is 25.7 Å². The second-order valence-electron chi connectivity index (χ2n) is 5.95. The molecule has 5 nitrogen and oxygen atoms in total. The van der Waals surface area contributed by atoms with Gasteiger partial charge in [0, 0.05) is 39.7 Å². The number of unbranched alkanes of at least 4 members (excludes halogenated alkanes) is 1. The number of alkyl halides is 3. The van der Waals surface area contributed by atoms with Crippen LogP contribution in [0.1, 0.15) is 32.1 Å². The molecule has 0 aliphatic carbocycles. The third-order valence-corrected chi connectivity index (χ3v) is 4.15. The summed E-state index contributed by atoms with van der Waals surface area (Å²) in [7, 11) is 1.69. The van der Waals surface area contributed by atoms with Gasteiger partial charge in [0.2, 0.25) is 0 Å². The number of halogens is 4. The Morgan fingerprint density at radius 2 is 1.96 bits per heavy atom. The maximum atomic E-state index is 12.1. The summed E-state index contributed by atoms with van der Waals surface area (Å²) in [4.78, 5) is 6.33. The monoisotopic (exact) mass is 465 g/mol. The lowest BCUT2D eigenvalue weighted by molar-refractivity contribution is -0.135. The smallest absolute Gasteiger partial charge is 0.375 e. The lowest BCUT2D eigenvalue weighted by Gasteiger charge is -2.37. The molecule has 0 bridgehead atoms. The highest BCUT2D eigenvalue weighted by Gasteiger charge is 2.32. The first kappa shape index (κ1) is 21.8. The van der Waals surface area contributed by atoms with Crippen LogP contribution in [-0.4, -0.2) is 69.1 Å². The van der Waals surface area contributed by atoms with Crippen molar-refractivity contribution in [3.63, 3.8) is 0 Å². The zero-order valence-electron chi connectivity index (χ0n) is 14.0. The second-order valence-corrected chi connectivity index (χ2v) is 5.95. The van der Waals surface area contributed by atoms with E-state index >= 15 is 0 Å². The fraction of sp³-hybridized carbons (Fsp3) is 0.933. The summed E-state index contributed by atoms with van der Waals surface area (Å²) >= 11 is 0. The average Bonchev–Trinajstić information content (AvgIpc) is 3.04. The minimum absolute atomic E-state index is 0. The quantitative estimate of drug-likeness (QED) is 0.294. The zero-order valence-corrected chi connectivity index (χ0v) is 16.3. The van der Waals surface area contributed by atoms with Gasteiger partial charge in [-0.25, -0.2) is 0 Å². The van der Waals surface area contributed by atoms with Crippen LogP contribution in [0, 0.1) is 0 Å². The summed E-state index contributed by atoms with van der Waals surface area (Å²) in [6.45, 7) is 3.32. The summed E-state index contributed by atoms with van der Waals surface area (Å²) in [6.07, 6.45) is -1.93. The van der Waals surface area contributed by atoms with Crippen LogP contribution >= 0.6 is 24.0 Å². The van der Waals surface area contributed by atoms with Crippen molar-refractivity contribution in [1.82, 2.24) is 10.2 Å². The maximum absolute atomic E-state index is 12.1.